The number of urea groups is 1. The molecule has 1 aliphatic rings. The summed E-state index contributed by atoms with van der Waals surface area (Å²) in [4.78, 5) is 20.8. The highest BCUT2D eigenvalue weighted by atomic mass is 32.1. The molecule has 4 heterocycles. The van der Waals surface area contributed by atoms with Gasteiger partial charge in [-0.3, -0.25) is 0 Å². The number of nitrogens with zero attached hydrogens (tertiary/aromatic N) is 3. The van der Waals surface area contributed by atoms with Crippen LogP contribution in [0.1, 0.15) is 41.8 Å². The number of likely N-dealkylation sites (tertiary alicyclic amines) is 1. The average Bonchev–Trinajstić information content (AvgIpc) is 3.35. The van der Waals surface area contributed by atoms with E-state index in [9.17, 15) is 4.79 Å². The van der Waals surface area contributed by atoms with Gasteiger partial charge >= 0.3 is 6.03 Å². The lowest BCUT2D eigenvalue weighted by molar-refractivity contribution is 0.146. The Hall–Kier alpha value is -2.34. The van der Waals surface area contributed by atoms with Gasteiger partial charge < -0.3 is 14.6 Å². The van der Waals surface area contributed by atoms with Gasteiger partial charge in [0.15, 0.2) is 0 Å². The molecule has 1 aliphatic heterocycles. The molecule has 1 atom stereocenters. The molecule has 142 valence electrons. The highest BCUT2D eigenvalue weighted by Crippen LogP contribution is 2.23. The van der Waals surface area contributed by atoms with Gasteiger partial charge in [0.25, 0.3) is 0 Å². The molecule has 2 amide bonds. The van der Waals surface area contributed by atoms with Gasteiger partial charge in [-0.15, -0.1) is 11.3 Å². The number of thiophene rings is 1. The van der Waals surface area contributed by atoms with Crippen LogP contribution in [-0.4, -0.2) is 32.9 Å². The van der Waals surface area contributed by atoms with Crippen LogP contribution in [0.25, 0.3) is 5.65 Å². The Balaban J connectivity index is 1.38. The topological polar surface area (TPSA) is 49.6 Å². The second kappa shape index (κ2) is 8.13. The number of rotatable bonds is 5. The number of hydrogen-bond acceptors (Lipinski definition) is 3. The summed E-state index contributed by atoms with van der Waals surface area (Å²) in [5.41, 5.74) is 3.10. The van der Waals surface area contributed by atoms with E-state index in [0.717, 1.165) is 49.1 Å². The Bertz CT molecular complexity index is 902. The van der Waals surface area contributed by atoms with E-state index in [1.54, 1.807) is 11.3 Å². The lowest BCUT2D eigenvalue weighted by Gasteiger charge is -2.35. The predicted molar refractivity (Wildman–Crippen MR) is 109 cm³/mol. The van der Waals surface area contributed by atoms with E-state index in [2.05, 4.69) is 45.2 Å². The molecule has 3 aromatic heterocycles. The minimum Gasteiger partial charge on any atom is -0.332 e. The number of fused-ring (bicyclic) bond motifs is 1. The van der Waals surface area contributed by atoms with Gasteiger partial charge in [0, 0.05) is 23.7 Å². The fourth-order valence-corrected chi connectivity index (χ4v) is 4.66. The molecule has 0 unspecified atom stereocenters. The summed E-state index contributed by atoms with van der Waals surface area (Å²) in [6.45, 7) is 3.40. The van der Waals surface area contributed by atoms with Crippen LogP contribution in [-0.2, 0) is 13.0 Å². The molecule has 3 aromatic rings. The summed E-state index contributed by atoms with van der Waals surface area (Å²) in [7, 11) is 0. The maximum atomic E-state index is 12.9. The van der Waals surface area contributed by atoms with Crippen LogP contribution in [0.3, 0.4) is 0 Å². The SMILES string of the molecule is Cc1cccn2c(CNC(=O)N3CCCC[C@H]3CCc3cccs3)cnc12. The number of aromatic nitrogens is 2. The second-order valence-electron chi connectivity index (χ2n) is 7.25. The minimum atomic E-state index is 0.0495. The van der Waals surface area contributed by atoms with E-state index in [-0.39, 0.29) is 6.03 Å². The molecule has 1 fully saturated rings. The van der Waals surface area contributed by atoms with Crippen LogP contribution < -0.4 is 5.32 Å². The smallest absolute Gasteiger partial charge is 0.317 e. The number of carbonyl (C=O) groups excluding carboxylic acids is 1. The van der Waals surface area contributed by atoms with Gasteiger partial charge in [-0.05, 0) is 62.1 Å². The van der Waals surface area contributed by atoms with Crippen molar-refractivity contribution in [1.29, 1.82) is 0 Å². The molecule has 0 aliphatic carbocycles. The summed E-state index contributed by atoms with van der Waals surface area (Å²) in [5, 5.41) is 5.24. The Kier molecular flexibility index (Phi) is 5.43. The number of aryl methyl sites for hydroxylation is 2. The Morgan fingerprint density at radius 2 is 2.26 bits per heavy atom. The lowest BCUT2D eigenvalue weighted by atomic mass is 9.98. The van der Waals surface area contributed by atoms with Crippen molar-refractivity contribution in [2.75, 3.05) is 6.54 Å². The van der Waals surface area contributed by atoms with Gasteiger partial charge in [-0.25, -0.2) is 9.78 Å². The van der Waals surface area contributed by atoms with Crippen LogP contribution >= 0.6 is 11.3 Å². The van der Waals surface area contributed by atoms with Crippen molar-refractivity contribution in [3.05, 3.63) is 58.2 Å². The maximum absolute atomic E-state index is 12.9. The molecular formula is C21H26N4OS. The van der Waals surface area contributed by atoms with Crippen LogP contribution in [0.5, 0.6) is 0 Å². The van der Waals surface area contributed by atoms with Crippen molar-refractivity contribution < 1.29 is 4.79 Å². The van der Waals surface area contributed by atoms with Crippen molar-refractivity contribution in [2.24, 2.45) is 0 Å². The number of carbonyl (C=O) groups is 1. The van der Waals surface area contributed by atoms with E-state index in [1.165, 1.54) is 11.3 Å². The first kappa shape index (κ1) is 18.0. The highest BCUT2D eigenvalue weighted by Gasteiger charge is 2.26. The molecule has 0 spiro atoms. The third kappa shape index (κ3) is 4.00. The zero-order valence-corrected chi connectivity index (χ0v) is 16.5. The summed E-state index contributed by atoms with van der Waals surface area (Å²) in [6.07, 6.45) is 9.37. The predicted octanol–water partition coefficient (Wildman–Crippen LogP) is 4.40. The third-order valence-electron chi connectivity index (χ3n) is 5.42. The molecule has 4 rings (SSSR count). The zero-order valence-electron chi connectivity index (χ0n) is 15.7. The van der Waals surface area contributed by atoms with E-state index in [0.29, 0.717) is 12.6 Å². The van der Waals surface area contributed by atoms with Gasteiger partial charge in [0.1, 0.15) is 5.65 Å². The van der Waals surface area contributed by atoms with Gasteiger partial charge in [-0.2, -0.15) is 0 Å². The van der Waals surface area contributed by atoms with Crippen LogP contribution in [0.2, 0.25) is 0 Å². The molecule has 0 bridgehead atoms. The zero-order chi connectivity index (χ0) is 18.6. The average molecular weight is 383 g/mol. The minimum absolute atomic E-state index is 0.0495. The molecule has 0 radical (unpaired) electrons. The van der Waals surface area contributed by atoms with Gasteiger partial charge in [-0.1, -0.05) is 12.1 Å². The number of piperidine rings is 1. The van der Waals surface area contributed by atoms with Crippen molar-refractivity contribution >= 4 is 23.0 Å². The van der Waals surface area contributed by atoms with Crippen LogP contribution in [0.15, 0.2) is 42.0 Å². The number of amides is 2. The van der Waals surface area contributed by atoms with Crippen molar-refractivity contribution in [2.45, 2.75) is 51.6 Å². The van der Waals surface area contributed by atoms with E-state index in [1.807, 2.05) is 23.4 Å². The Morgan fingerprint density at radius 3 is 3.11 bits per heavy atom. The molecule has 27 heavy (non-hydrogen) atoms. The highest BCUT2D eigenvalue weighted by molar-refractivity contribution is 7.09. The first-order valence-corrected chi connectivity index (χ1v) is 10.6. The summed E-state index contributed by atoms with van der Waals surface area (Å²) < 4.78 is 2.06. The molecule has 1 N–H and O–H groups in total. The molecule has 0 saturated carbocycles. The van der Waals surface area contributed by atoms with Gasteiger partial charge in [0.05, 0.1) is 18.4 Å². The van der Waals surface area contributed by atoms with Gasteiger partial charge in [0.2, 0.25) is 0 Å². The largest absolute Gasteiger partial charge is 0.332 e. The van der Waals surface area contributed by atoms with Crippen LogP contribution in [0, 0.1) is 6.92 Å². The monoisotopic (exact) mass is 382 g/mol. The molecule has 6 heteroatoms. The van der Waals surface area contributed by atoms with E-state index >= 15 is 0 Å². The Morgan fingerprint density at radius 1 is 1.33 bits per heavy atom. The number of hydrogen-bond donors (Lipinski definition) is 1. The van der Waals surface area contributed by atoms with Crippen molar-refractivity contribution in [3.63, 3.8) is 0 Å². The summed E-state index contributed by atoms with van der Waals surface area (Å²) >= 11 is 1.80. The molecule has 1 saturated heterocycles. The van der Waals surface area contributed by atoms with E-state index < -0.39 is 0 Å². The number of imidazole rings is 1. The van der Waals surface area contributed by atoms with E-state index in [4.69, 9.17) is 0 Å². The molecule has 5 nitrogen and oxygen atoms in total. The molecular weight excluding hydrogens is 356 g/mol. The second-order valence-corrected chi connectivity index (χ2v) is 8.29. The lowest BCUT2D eigenvalue weighted by Crippen LogP contribution is -2.48. The molecule has 0 aromatic carbocycles. The normalized spacial score (nSPS) is 17.4. The first-order chi connectivity index (χ1) is 13.2. The number of nitrogens with one attached hydrogen (secondary N) is 1. The quantitative estimate of drug-likeness (QED) is 0.711. The summed E-state index contributed by atoms with van der Waals surface area (Å²) in [5.74, 6) is 0. The van der Waals surface area contributed by atoms with Crippen LogP contribution in [0.4, 0.5) is 4.79 Å². The fraction of sp³-hybridized carbons (Fsp3) is 0.429. The number of pyridine rings is 1. The fourth-order valence-electron chi connectivity index (χ4n) is 3.93. The third-order valence-corrected chi connectivity index (χ3v) is 6.36. The summed E-state index contributed by atoms with van der Waals surface area (Å²) in [6, 6.07) is 8.74. The van der Waals surface area contributed by atoms with Crippen molar-refractivity contribution in [3.8, 4) is 0 Å². The maximum Gasteiger partial charge on any atom is 0.317 e. The van der Waals surface area contributed by atoms with Crippen molar-refractivity contribution in [1.82, 2.24) is 19.6 Å². The first-order valence-electron chi connectivity index (χ1n) is 9.71. The Labute approximate surface area is 164 Å². The standard InChI is InChI=1S/C21H26N4OS/c1-16-6-4-12-24-18(14-22-20(16)24)15-23-21(26)25-11-3-2-7-17(25)9-10-19-8-5-13-27-19/h4-6,8,12-14,17H,2-3,7,9-11,15H2,1H3,(H,23,26)/t17-/m0/s1.